The van der Waals surface area contributed by atoms with Crippen molar-refractivity contribution in [3.63, 3.8) is 0 Å². The average molecular weight is 220 g/mol. The smallest absolute Gasteiger partial charge is 0.0270 e. The zero-order valence-electron chi connectivity index (χ0n) is 10.8. The summed E-state index contributed by atoms with van der Waals surface area (Å²) >= 11 is 0. The fourth-order valence-electron chi connectivity index (χ4n) is 1.59. The lowest BCUT2D eigenvalue weighted by atomic mass is 9.97. The highest BCUT2D eigenvalue weighted by Gasteiger charge is 2.07. The Bertz CT molecular complexity index is 275. The number of unbranched alkanes of at least 4 members (excludes halogenated alkanes) is 1. The molecule has 0 atom stereocenters. The van der Waals surface area contributed by atoms with Gasteiger partial charge < -0.3 is 5.32 Å². The van der Waals surface area contributed by atoms with Crippen molar-refractivity contribution in [2.45, 2.75) is 40.0 Å². The van der Waals surface area contributed by atoms with Crippen LogP contribution in [0.1, 0.15) is 39.2 Å². The zero-order chi connectivity index (χ0) is 11.9. The molecule has 0 amide bonds. The maximum Gasteiger partial charge on any atom is 0.0270 e. The maximum atomic E-state index is 4.02. The number of aromatic nitrogens is 1. The lowest BCUT2D eigenvalue weighted by Gasteiger charge is -2.18. The first-order valence-corrected chi connectivity index (χ1v) is 6.17. The summed E-state index contributed by atoms with van der Waals surface area (Å²) in [6.45, 7) is 9.01. The lowest BCUT2D eigenvalue weighted by Crippen LogP contribution is -2.27. The van der Waals surface area contributed by atoms with Gasteiger partial charge in [-0.1, -0.05) is 20.8 Å². The van der Waals surface area contributed by atoms with Gasteiger partial charge in [-0.2, -0.15) is 0 Å². The molecule has 0 bridgehead atoms. The molecule has 16 heavy (non-hydrogen) atoms. The number of nitrogens with one attached hydrogen (secondary N) is 1. The molecule has 0 radical (unpaired) electrons. The van der Waals surface area contributed by atoms with Crippen molar-refractivity contribution in [2.24, 2.45) is 5.41 Å². The van der Waals surface area contributed by atoms with Gasteiger partial charge in [-0.25, -0.2) is 0 Å². The van der Waals surface area contributed by atoms with Crippen LogP contribution in [0.5, 0.6) is 0 Å². The highest BCUT2D eigenvalue weighted by atomic mass is 14.9. The highest BCUT2D eigenvalue weighted by molar-refractivity contribution is 5.09. The van der Waals surface area contributed by atoms with Crippen molar-refractivity contribution in [3.05, 3.63) is 30.1 Å². The van der Waals surface area contributed by atoms with Crippen LogP contribution >= 0.6 is 0 Å². The Balaban J connectivity index is 2.01. The molecule has 1 N–H and O–H groups in total. The minimum atomic E-state index is 0.394. The SMILES string of the molecule is CC(C)(C)CNCCCCc1ccncc1. The van der Waals surface area contributed by atoms with E-state index in [4.69, 9.17) is 0 Å². The monoisotopic (exact) mass is 220 g/mol. The van der Waals surface area contributed by atoms with Gasteiger partial charge in [0.25, 0.3) is 0 Å². The van der Waals surface area contributed by atoms with E-state index in [1.54, 1.807) is 0 Å². The normalized spacial score (nSPS) is 11.7. The minimum Gasteiger partial charge on any atom is -0.316 e. The van der Waals surface area contributed by atoms with Crippen LogP contribution < -0.4 is 5.32 Å². The first-order valence-electron chi connectivity index (χ1n) is 6.17. The van der Waals surface area contributed by atoms with Crippen molar-refractivity contribution >= 4 is 0 Å². The molecule has 0 aromatic carbocycles. The molecule has 1 heterocycles. The highest BCUT2D eigenvalue weighted by Crippen LogP contribution is 2.10. The summed E-state index contributed by atoms with van der Waals surface area (Å²) in [6, 6.07) is 4.20. The van der Waals surface area contributed by atoms with Crippen LogP contribution in [-0.2, 0) is 6.42 Å². The molecule has 0 aliphatic carbocycles. The molecule has 0 spiro atoms. The maximum absolute atomic E-state index is 4.02. The minimum absolute atomic E-state index is 0.394. The third-order valence-corrected chi connectivity index (χ3v) is 2.47. The van der Waals surface area contributed by atoms with E-state index in [0.717, 1.165) is 13.1 Å². The Morgan fingerprint density at radius 3 is 2.44 bits per heavy atom. The second kappa shape index (κ2) is 6.64. The fraction of sp³-hybridized carbons (Fsp3) is 0.643. The van der Waals surface area contributed by atoms with Gasteiger partial charge in [0.05, 0.1) is 0 Å². The van der Waals surface area contributed by atoms with Crippen LogP contribution in [0, 0.1) is 5.41 Å². The Labute approximate surface area is 99.5 Å². The van der Waals surface area contributed by atoms with Gasteiger partial charge in [-0.15, -0.1) is 0 Å². The number of pyridine rings is 1. The van der Waals surface area contributed by atoms with Crippen molar-refractivity contribution in [1.82, 2.24) is 10.3 Å². The second-order valence-electron chi connectivity index (χ2n) is 5.55. The van der Waals surface area contributed by atoms with Crippen molar-refractivity contribution < 1.29 is 0 Å². The van der Waals surface area contributed by atoms with E-state index in [9.17, 15) is 0 Å². The Morgan fingerprint density at radius 1 is 1.12 bits per heavy atom. The molecule has 1 aromatic rings. The molecule has 1 rings (SSSR count). The first kappa shape index (κ1) is 13.2. The standard InChI is InChI=1S/C14H24N2/c1-14(2,3)12-16-9-5-4-6-13-7-10-15-11-8-13/h7-8,10-11,16H,4-6,9,12H2,1-3H3. The number of nitrogens with zero attached hydrogens (tertiary/aromatic N) is 1. The number of aryl methyl sites for hydroxylation is 1. The molecule has 0 fully saturated rings. The number of hydrogen-bond acceptors (Lipinski definition) is 2. The third kappa shape index (κ3) is 6.57. The summed E-state index contributed by atoms with van der Waals surface area (Å²) in [4.78, 5) is 4.02. The summed E-state index contributed by atoms with van der Waals surface area (Å²) < 4.78 is 0. The summed E-state index contributed by atoms with van der Waals surface area (Å²) in [5, 5.41) is 3.50. The molecule has 90 valence electrons. The van der Waals surface area contributed by atoms with Crippen LogP contribution in [0.2, 0.25) is 0 Å². The van der Waals surface area contributed by atoms with Crippen molar-refractivity contribution in [3.8, 4) is 0 Å². The quantitative estimate of drug-likeness (QED) is 0.745. The molecule has 0 aliphatic heterocycles. The van der Waals surface area contributed by atoms with E-state index in [-0.39, 0.29) is 0 Å². The van der Waals surface area contributed by atoms with Gasteiger partial charge in [0.1, 0.15) is 0 Å². The third-order valence-electron chi connectivity index (χ3n) is 2.47. The fourth-order valence-corrected chi connectivity index (χ4v) is 1.59. The second-order valence-corrected chi connectivity index (χ2v) is 5.55. The van der Waals surface area contributed by atoms with E-state index in [1.807, 2.05) is 12.4 Å². The first-order chi connectivity index (χ1) is 7.58. The topological polar surface area (TPSA) is 24.9 Å². The summed E-state index contributed by atoms with van der Waals surface area (Å²) in [6.07, 6.45) is 7.40. The Hall–Kier alpha value is -0.890. The molecule has 2 heteroatoms. The number of rotatable bonds is 6. The van der Waals surface area contributed by atoms with Gasteiger partial charge in [-0.05, 0) is 55.5 Å². The predicted octanol–water partition coefficient (Wildman–Crippen LogP) is 3.04. The molecule has 0 unspecified atom stereocenters. The van der Waals surface area contributed by atoms with Crippen LogP contribution in [0.3, 0.4) is 0 Å². The summed E-state index contributed by atoms with van der Waals surface area (Å²) in [5.41, 5.74) is 1.79. The molecular formula is C14H24N2. The zero-order valence-corrected chi connectivity index (χ0v) is 10.8. The van der Waals surface area contributed by atoms with Crippen molar-refractivity contribution in [2.75, 3.05) is 13.1 Å². The Kier molecular flexibility index (Phi) is 5.47. The van der Waals surface area contributed by atoms with Gasteiger partial charge in [0.2, 0.25) is 0 Å². The molecule has 0 saturated heterocycles. The van der Waals surface area contributed by atoms with E-state index in [1.165, 1.54) is 24.8 Å². The predicted molar refractivity (Wildman–Crippen MR) is 69.5 cm³/mol. The summed E-state index contributed by atoms with van der Waals surface area (Å²) in [5.74, 6) is 0. The molecule has 1 aromatic heterocycles. The summed E-state index contributed by atoms with van der Waals surface area (Å²) in [7, 11) is 0. The Morgan fingerprint density at radius 2 is 1.81 bits per heavy atom. The molecule has 0 aliphatic rings. The van der Waals surface area contributed by atoms with E-state index in [2.05, 4.69) is 43.2 Å². The molecular weight excluding hydrogens is 196 g/mol. The van der Waals surface area contributed by atoms with E-state index < -0.39 is 0 Å². The number of hydrogen-bond donors (Lipinski definition) is 1. The largest absolute Gasteiger partial charge is 0.316 e. The van der Waals surface area contributed by atoms with E-state index in [0.29, 0.717) is 5.41 Å². The molecule has 2 nitrogen and oxygen atoms in total. The average Bonchev–Trinajstić information content (AvgIpc) is 2.23. The van der Waals surface area contributed by atoms with Gasteiger partial charge in [0.15, 0.2) is 0 Å². The lowest BCUT2D eigenvalue weighted by molar-refractivity contribution is 0.378. The van der Waals surface area contributed by atoms with Gasteiger partial charge >= 0.3 is 0 Å². The van der Waals surface area contributed by atoms with Crippen LogP contribution in [-0.4, -0.2) is 18.1 Å². The van der Waals surface area contributed by atoms with Gasteiger partial charge in [0, 0.05) is 12.4 Å². The van der Waals surface area contributed by atoms with Gasteiger partial charge in [-0.3, -0.25) is 4.98 Å². The van der Waals surface area contributed by atoms with Crippen LogP contribution in [0.15, 0.2) is 24.5 Å². The van der Waals surface area contributed by atoms with Crippen LogP contribution in [0.4, 0.5) is 0 Å². The van der Waals surface area contributed by atoms with Crippen molar-refractivity contribution in [1.29, 1.82) is 0 Å². The van der Waals surface area contributed by atoms with Crippen LogP contribution in [0.25, 0.3) is 0 Å². The molecule has 0 saturated carbocycles. The van der Waals surface area contributed by atoms with E-state index >= 15 is 0 Å².